The monoisotopic (exact) mass is 241 g/mol. The third-order valence-corrected chi connectivity index (χ3v) is 3.55. The van der Waals surface area contributed by atoms with E-state index in [0.717, 1.165) is 12.0 Å². The molecule has 0 N–H and O–H groups in total. The minimum atomic E-state index is -2.14. The van der Waals surface area contributed by atoms with E-state index in [1.807, 2.05) is 6.92 Å². The van der Waals surface area contributed by atoms with Gasteiger partial charge < -0.3 is 9.29 Å². The number of hydrogen-bond acceptors (Lipinski definition) is 5. The number of aromatic nitrogens is 2. The van der Waals surface area contributed by atoms with Crippen LogP contribution in [0.5, 0.6) is 0 Å². The predicted octanol–water partition coefficient (Wildman–Crippen LogP) is 0.884. The van der Waals surface area contributed by atoms with E-state index in [-0.39, 0.29) is 0 Å². The number of rotatable bonds is 2. The number of hydrogen-bond donors (Lipinski definition) is 0. The fraction of sp³-hybridized carbons (Fsp3) is 0.600. The van der Waals surface area contributed by atoms with Crippen molar-refractivity contribution in [2.24, 2.45) is 0 Å². The van der Waals surface area contributed by atoms with E-state index >= 15 is 0 Å². The lowest BCUT2D eigenvalue weighted by atomic mass is 10.1. The third-order valence-electron chi connectivity index (χ3n) is 2.57. The summed E-state index contributed by atoms with van der Waals surface area (Å²) in [6.07, 6.45) is 4.20. The van der Waals surface area contributed by atoms with E-state index < -0.39 is 22.4 Å². The number of nitrogens with zero attached hydrogens (tertiary/aromatic N) is 2. The van der Waals surface area contributed by atoms with Gasteiger partial charge in [-0.2, -0.15) is 0 Å². The van der Waals surface area contributed by atoms with Crippen molar-refractivity contribution in [1.82, 2.24) is 9.97 Å². The standard InChI is InChI=1S/C10H14N2O3S/c1-7-5-11-10(12-6-7)9-8(16(13)14)3-2-4-15-9/h5-6,8-9H,2-4H2,1H3,(H,13,14)/p-1/t8-,9-/m1/s1. The Balaban J connectivity index is 2.23. The molecule has 0 aliphatic carbocycles. The van der Waals surface area contributed by atoms with Gasteiger partial charge in [0, 0.05) is 19.0 Å². The normalized spacial score (nSPS) is 27.6. The molecule has 0 aromatic carbocycles. The van der Waals surface area contributed by atoms with Gasteiger partial charge in [-0.15, -0.1) is 0 Å². The molecule has 2 heterocycles. The van der Waals surface area contributed by atoms with E-state index in [1.165, 1.54) is 0 Å². The molecule has 1 aromatic heterocycles. The van der Waals surface area contributed by atoms with Crippen molar-refractivity contribution in [3.05, 3.63) is 23.8 Å². The van der Waals surface area contributed by atoms with Gasteiger partial charge in [0.15, 0.2) is 5.82 Å². The second-order valence-electron chi connectivity index (χ2n) is 3.85. The Morgan fingerprint density at radius 2 is 2.19 bits per heavy atom. The molecule has 1 fully saturated rings. The lowest BCUT2D eigenvalue weighted by Gasteiger charge is -2.31. The summed E-state index contributed by atoms with van der Waals surface area (Å²) in [6.45, 7) is 2.45. The molecule has 0 bridgehead atoms. The minimum Gasteiger partial charge on any atom is -0.772 e. The van der Waals surface area contributed by atoms with Gasteiger partial charge in [-0.1, -0.05) is 0 Å². The molecule has 1 aliphatic rings. The van der Waals surface area contributed by atoms with Gasteiger partial charge in [-0.05, 0) is 36.4 Å². The van der Waals surface area contributed by atoms with Gasteiger partial charge in [-0.3, -0.25) is 4.21 Å². The zero-order valence-electron chi connectivity index (χ0n) is 8.96. The van der Waals surface area contributed by atoms with Crippen molar-refractivity contribution >= 4 is 11.1 Å². The molecule has 0 saturated carbocycles. The highest BCUT2D eigenvalue weighted by atomic mass is 32.2. The summed E-state index contributed by atoms with van der Waals surface area (Å²) in [5.74, 6) is 0.458. The van der Waals surface area contributed by atoms with Gasteiger partial charge in [0.25, 0.3) is 0 Å². The first-order chi connectivity index (χ1) is 7.68. The van der Waals surface area contributed by atoms with Crippen LogP contribution in [0.1, 0.15) is 30.3 Å². The van der Waals surface area contributed by atoms with Crippen molar-refractivity contribution in [3.8, 4) is 0 Å². The average Bonchev–Trinajstić information content (AvgIpc) is 2.30. The number of aryl methyl sites for hydroxylation is 1. The summed E-state index contributed by atoms with van der Waals surface area (Å²) < 4.78 is 27.6. The Morgan fingerprint density at radius 1 is 1.50 bits per heavy atom. The molecule has 16 heavy (non-hydrogen) atoms. The van der Waals surface area contributed by atoms with Gasteiger partial charge in [0.1, 0.15) is 6.10 Å². The minimum absolute atomic E-state index is 0.458. The fourth-order valence-corrected chi connectivity index (χ4v) is 2.50. The molecule has 2 rings (SSSR count). The molecule has 6 heteroatoms. The highest BCUT2D eigenvalue weighted by Gasteiger charge is 2.30. The van der Waals surface area contributed by atoms with Crippen LogP contribution in [0.25, 0.3) is 0 Å². The van der Waals surface area contributed by atoms with Crippen molar-refractivity contribution in [2.45, 2.75) is 31.1 Å². The lowest BCUT2D eigenvalue weighted by Crippen LogP contribution is -2.32. The summed E-state index contributed by atoms with van der Waals surface area (Å²) >= 11 is -2.14. The molecule has 0 spiro atoms. The predicted molar refractivity (Wildman–Crippen MR) is 57.4 cm³/mol. The Hall–Kier alpha value is -0.850. The van der Waals surface area contributed by atoms with Crippen LogP contribution in [0, 0.1) is 6.92 Å². The lowest BCUT2D eigenvalue weighted by molar-refractivity contribution is 0.0121. The summed E-state index contributed by atoms with van der Waals surface area (Å²) in [5, 5.41) is -0.531. The van der Waals surface area contributed by atoms with Gasteiger partial charge >= 0.3 is 0 Å². The molecule has 88 valence electrons. The van der Waals surface area contributed by atoms with Crippen LogP contribution in [0.3, 0.4) is 0 Å². The van der Waals surface area contributed by atoms with E-state index in [9.17, 15) is 8.76 Å². The smallest absolute Gasteiger partial charge is 0.158 e. The van der Waals surface area contributed by atoms with Crippen molar-refractivity contribution in [3.63, 3.8) is 0 Å². The Morgan fingerprint density at radius 3 is 2.81 bits per heavy atom. The third kappa shape index (κ3) is 2.45. The first-order valence-electron chi connectivity index (χ1n) is 5.16. The van der Waals surface area contributed by atoms with E-state index in [4.69, 9.17) is 4.74 Å². The maximum atomic E-state index is 11.1. The van der Waals surface area contributed by atoms with Gasteiger partial charge in [0.05, 0.1) is 5.25 Å². The van der Waals surface area contributed by atoms with Crippen LogP contribution in [0.2, 0.25) is 0 Å². The van der Waals surface area contributed by atoms with Crippen LogP contribution in [0.15, 0.2) is 12.4 Å². The first-order valence-corrected chi connectivity index (χ1v) is 6.30. The molecule has 1 aromatic rings. The van der Waals surface area contributed by atoms with Gasteiger partial charge in [0.2, 0.25) is 0 Å². The molecule has 5 nitrogen and oxygen atoms in total. The SMILES string of the molecule is Cc1cnc([C@@H]2OCCC[C@H]2S(=O)[O-])nc1. The van der Waals surface area contributed by atoms with E-state index in [1.54, 1.807) is 12.4 Å². The van der Waals surface area contributed by atoms with Crippen LogP contribution in [-0.2, 0) is 15.8 Å². The van der Waals surface area contributed by atoms with Crippen LogP contribution in [-0.4, -0.2) is 30.6 Å². The summed E-state index contributed by atoms with van der Waals surface area (Å²) in [4.78, 5) is 8.25. The Bertz CT molecular complexity index is 382. The summed E-state index contributed by atoms with van der Waals surface area (Å²) in [6, 6.07) is 0. The largest absolute Gasteiger partial charge is 0.772 e. The Kier molecular flexibility index (Phi) is 3.63. The highest BCUT2D eigenvalue weighted by molar-refractivity contribution is 7.79. The van der Waals surface area contributed by atoms with Crippen LogP contribution >= 0.6 is 0 Å². The molecular weight excluding hydrogens is 228 g/mol. The Labute approximate surface area is 96.5 Å². The molecule has 1 unspecified atom stereocenters. The zero-order chi connectivity index (χ0) is 11.5. The second-order valence-corrected chi connectivity index (χ2v) is 4.98. The average molecular weight is 241 g/mol. The quantitative estimate of drug-likeness (QED) is 0.719. The number of ether oxygens (including phenoxy) is 1. The first kappa shape index (κ1) is 11.6. The maximum Gasteiger partial charge on any atom is 0.158 e. The van der Waals surface area contributed by atoms with Crippen molar-refractivity contribution in [1.29, 1.82) is 0 Å². The van der Waals surface area contributed by atoms with Crippen LogP contribution in [0.4, 0.5) is 0 Å². The molecular formula is C10H13N2O3S-. The highest BCUT2D eigenvalue weighted by Crippen LogP contribution is 2.29. The van der Waals surface area contributed by atoms with Crippen LogP contribution < -0.4 is 0 Å². The molecule has 1 saturated heterocycles. The van der Waals surface area contributed by atoms with Crippen molar-refractivity contribution in [2.75, 3.05) is 6.61 Å². The van der Waals surface area contributed by atoms with Gasteiger partial charge in [-0.25, -0.2) is 9.97 Å². The zero-order valence-corrected chi connectivity index (χ0v) is 9.77. The second kappa shape index (κ2) is 4.99. The molecule has 3 atom stereocenters. The molecule has 0 amide bonds. The topological polar surface area (TPSA) is 75.1 Å². The summed E-state index contributed by atoms with van der Waals surface area (Å²) in [7, 11) is 0. The van der Waals surface area contributed by atoms with Crippen molar-refractivity contribution < 1.29 is 13.5 Å². The molecule has 0 radical (unpaired) electrons. The summed E-state index contributed by atoms with van der Waals surface area (Å²) in [5.41, 5.74) is 0.944. The molecule has 1 aliphatic heterocycles. The van der Waals surface area contributed by atoms with E-state index in [2.05, 4.69) is 9.97 Å². The maximum absolute atomic E-state index is 11.1. The van der Waals surface area contributed by atoms with E-state index in [0.29, 0.717) is 18.9 Å². The fourth-order valence-electron chi connectivity index (χ4n) is 1.74.